The standard InChI is InChI=1S/C11H8FN3O2/c1-16-8-4-2-3-6(12)9(8)11-15-7(5-13)10(14)17-11/h2-4H,14H2,1H3. The van der Waals surface area contributed by atoms with Crippen molar-refractivity contribution in [1.82, 2.24) is 4.98 Å². The van der Waals surface area contributed by atoms with Gasteiger partial charge >= 0.3 is 0 Å². The first-order chi connectivity index (χ1) is 8.17. The summed E-state index contributed by atoms with van der Waals surface area (Å²) >= 11 is 0. The van der Waals surface area contributed by atoms with Crippen molar-refractivity contribution >= 4 is 5.88 Å². The summed E-state index contributed by atoms with van der Waals surface area (Å²) in [6.07, 6.45) is 0. The first-order valence-corrected chi connectivity index (χ1v) is 4.66. The summed E-state index contributed by atoms with van der Waals surface area (Å²) in [6.45, 7) is 0. The van der Waals surface area contributed by atoms with E-state index in [-0.39, 0.29) is 28.8 Å². The predicted molar refractivity (Wildman–Crippen MR) is 57.6 cm³/mol. The lowest BCUT2D eigenvalue weighted by atomic mass is 10.2. The summed E-state index contributed by atoms with van der Waals surface area (Å²) < 4.78 is 23.7. The molecule has 1 aromatic heterocycles. The van der Waals surface area contributed by atoms with Crippen LogP contribution in [0.3, 0.4) is 0 Å². The Kier molecular flexibility index (Phi) is 2.66. The van der Waals surface area contributed by atoms with E-state index in [0.717, 1.165) is 0 Å². The average molecular weight is 233 g/mol. The van der Waals surface area contributed by atoms with Crippen LogP contribution in [0.5, 0.6) is 5.75 Å². The molecular weight excluding hydrogens is 225 g/mol. The van der Waals surface area contributed by atoms with Gasteiger partial charge in [-0.25, -0.2) is 4.39 Å². The fourth-order valence-corrected chi connectivity index (χ4v) is 1.40. The molecule has 0 radical (unpaired) electrons. The number of nitriles is 1. The Labute approximate surface area is 96.2 Å². The minimum atomic E-state index is -0.560. The van der Waals surface area contributed by atoms with E-state index in [4.69, 9.17) is 20.1 Å². The van der Waals surface area contributed by atoms with Gasteiger partial charge in [-0.1, -0.05) is 6.07 Å². The summed E-state index contributed by atoms with van der Waals surface area (Å²) in [4.78, 5) is 3.80. The number of methoxy groups -OCH3 is 1. The summed E-state index contributed by atoms with van der Waals surface area (Å²) in [5, 5.41) is 8.70. The zero-order valence-electron chi connectivity index (χ0n) is 8.90. The molecule has 5 nitrogen and oxygen atoms in total. The van der Waals surface area contributed by atoms with Crippen molar-refractivity contribution < 1.29 is 13.5 Å². The van der Waals surface area contributed by atoms with E-state index in [1.165, 1.54) is 19.2 Å². The number of nitrogen functional groups attached to an aromatic ring is 1. The SMILES string of the molecule is COc1cccc(F)c1-c1nc(C#N)c(N)o1. The van der Waals surface area contributed by atoms with Crippen molar-refractivity contribution in [1.29, 1.82) is 5.26 Å². The molecule has 2 N–H and O–H groups in total. The van der Waals surface area contributed by atoms with Crippen molar-refractivity contribution in [3.05, 3.63) is 29.7 Å². The van der Waals surface area contributed by atoms with Gasteiger partial charge in [-0.2, -0.15) is 10.2 Å². The Hall–Kier alpha value is -2.55. The van der Waals surface area contributed by atoms with E-state index in [1.54, 1.807) is 12.1 Å². The molecule has 2 rings (SSSR count). The van der Waals surface area contributed by atoms with Gasteiger partial charge in [-0.05, 0) is 12.1 Å². The van der Waals surface area contributed by atoms with Gasteiger partial charge in [-0.15, -0.1) is 0 Å². The van der Waals surface area contributed by atoms with Crippen molar-refractivity contribution in [3.8, 4) is 23.3 Å². The molecule has 0 spiro atoms. The van der Waals surface area contributed by atoms with Crippen LogP contribution in [0.4, 0.5) is 10.3 Å². The minimum absolute atomic E-state index is 0.0446. The monoisotopic (exact) mass is 233 g/mol. The molecule has 2 aromatic rings. The van der Waals surface area contributed by atoms with Crippen molar-refractivity contribution in [2.24, 2.45) is 0 Å². The zero-order chi connectivity index (χ0) is 12.4. The molecule has 17 heavy (non-hydrogen) atoms. The summed E-state index contributed by atoms with van der Waals surface area (Å²) in [5.41, 5.74) is 5.38. The van der Waals surface area contributed by atoms with E-state index < -0.39 is 5.82 Å². The third-order valence-corrected chi connectivity index (χ3v) is 2.17. The van der Waals surface area contributed by atoms with Crippen LogP contribution in [0.1, 0.15) is 5.69 Å². The van der Waals surface area contributed by atoms with Gasteiger partial charge in [0.2, 0.25) is 17.5 Å². The van der Waals surface area contributed by atoms with Gasteiger partial charge in [0, 0.05) is 0 Å². The number of oxazole rings is 1. The van der Waals surface area contributed by atoms with E-state index in [9.17, 15) is 4.39 Å². The molecule has 0 atom stereocenters. The quantitative estimate of drug-likeness (QED) is 0.856. The largest absolute Gasteiger partial charge is 0.496 e. The molecule has 0 aliphatic heterocycles. The minimum Gasteiger partial charge on any atom is -0.496 e. The summed E-state index contributed by atoms with van der Waals surface area (Å²) in [5.74, 6) is -0.521. The van der Waals surface area contributed by atoms with Crippen LogP contribution in [0.2, 0.25) is 0 Å². The van der Waals surface area contributed by atoms with Crippen LogP contribution < -0.4 is 10.5 Å². The molecule has 0 bridgehead atoms. The number of hydrogen-bond donors (Lipinski definition) is 1. The Morgan fingerprint density at radius 1 is 1.53 bits per heavy atom. The number of nitrogens with two attached hydrogens (primary N) is 1. The van der Waals surface area contributed by atoms with E-state index in [1.807, 2.05) is 0 Å². The molecule has 0 unspecified atom stereocenters. The summed E-state index contributed by atoms with van der Waals surface area (Å²) in [6, 6.07) is 6.05. The highest BCUT2D eigenvalue weighted by Gasteiger charge is 2.19. The molecule has 0 fully saturated rings. The Bertz CT molecular complexity index is 601. The molecule has 0 aliphatic rings. The number of aromatic nitrogens is 1. The third-order valence-electron chi connectivity index (χ3n) is 2.17. The summed E-state index contributed by atoms with van der Waals surface area (Å²) in [7, 11) is 1.40. The fourth-order valence-electron chi connectivity index (χ4n) is 1.40. The second-order valence-electron chi connectivity index (χ2n) is 3.16. The van der Waals surface area contributed by atoms with Crippen LogP contribution in [0.25, 0.3) is 11.5 Å². The molecule has 1 heterocycles. The zero-order valence-corrected chi connectivity index (χ0v) is 8.90. The molecule has 6 heteroatoms. The number of benzene rings is 1. The normalized spacial score (nSPS) is 9.94. The van der Waals surface area contributed by atoms with Crippen LogP contribution in [0, 0.1) is 17.1 Å². The molecule has 86 valence electrons. The Balaban J connectivity index is 2.64. The van der Waals surface area contributed by atoms with E-state index in [0.29, 0.717) is 0 Å². The first-order valence-electron chi connectivity index (χ1n) is 4.66. The van der Waals surface area contributed by atoms with E-state index in [2.05, 4.69) is 4.98 Å². The van der Waals surface area contributed by atoms with Gasteiger partial charge in [0.15, 0.2) is 0 Å². The molecule has 1 aromatic carbocycles. The maximum atomic E-state index is 13.7. The predicted octanol–water partition coefficient (Wildman–Crippen LogP) is 1.94. The van der Waals surface area contributed by atoms with Gasteiger partial charge in [0.25, 0.3) is 0 Å². The first kappa shape index (κ1) is 11.0. The molecular formula is C11H8FN3O2. The van der Waals surface area contributed by atoms with Crippen molar-refractivity contribution in [2.75, 3.05) is 12.8 Å². The van der Waals surface area contributed by atoms with Crippen LogP contribution in [-0.2, 0) is 0 Å². The smallest absolute Gasteiger partial charge is 0.236 e. The number of hydrogen-bond acceptors (Lipinski definition) is 5. The molecule has 0 amide bonds. The number of rotatable bonds is 2. The topological polar surface area (TPSA) is 85.1 Å². The van der Waals surface area contributed by atoms with Crippen LogP contribution >= 0.6 is 0 Å². The highest BCUT2D eigenvalue weighted by atomic mass is 19.1. The van der Waals surface area contributed by atoms with Gasteiger partial charge < -0.3 is 14.9 Å². The second-order valence-corrected chi connectivity index (χ2v) is 3.16. The maximum absolute atomic E-state index is 13.7. The third kappa shape index (κ3) is 1.78. The Morgan fingerprint density at radius 2 is 2.29 bits per heavy atom. The lowest BCUT2D eigenvalue weighted by Gasteiger charge is -2.05. The fraction of sp³-hybridized carbons (Fsp3) is 0.0909. The maximum Gasteiger partial charge on any atom is 0.236 e. The highest BCUT2D eigenvalue weighted by Crippen LogP contribution is 2.33. The molecule has 0 aliphatic carbocycles. The van der Waals surface area contributed by atoms with E-state index >= 15 is 0 Å². The van der Waals surface area contributed by atoms with Crippen LogP contribution in [0.15, 0.2) is 22.6 Å². The van der Waals surface area contributed by atoms with Crippen molar-refractivity contribution in [2.45, 2.75) is 0 Å². The molecule has 0 saturated heterocycles. The Morgan fingerprint density at radius 3 is 2.88 bits per heavy atom. The number of nitrogens with zero attached hydrogens (tertiary/aromatic N) is 2. The average Bonchev–Trinajstić information content (AvgIpc) is 2.69. The molecule has 0 saturated carbocycles. The van der Waals surface area contributed by atoms with Crippen molar-refractivity contribution in [3.63, 3.8) is 0 Å². The number of ether oxygens (including phenoxy) is 1. The lowest BCUT2D eigenvalue weighted by Crippen LogP contribution is -1.91. The van der Waals surface area contributed by atoms with Gasteiger partial charge in [0.1, 0.15) is 23.2 Å². The van der Waals surface area contributed by atoms with Gasteiger partial charge in [0.05, 0.1) is 7.11 Å². The van der Waals surface area contributed by atoms with Gasteiger partial charge in [-0.3, -0.25) is 0 Å². The number of halogens is 1. The van der Waals surface area contributed by atoms with Crippen LogP contribution in [-0.4, -0.2) is 12.1 Å². The second kappa shape index (κ2) is 4.14. The lowest BCUT2D eigenvalue weighted by molar-refractivity contribution is 0.411. The highest BCUT2D eigenvalue weighted by molar-refractivity contribution is 5.65. The number of anilines is 1.